The van der Waals surface area contributed by atoms with Gasteiger partial charge in [-0.2, -0.15) is 0 Å². The van der Waals surface area contributed by atoms with Crippen molar-refractivity contribution in [2.75, 3.05) is 40.4 Å². The van der Waals surface area contributed by atoms with E-state index in [1.54, 1.807) is 0 Å². The van der Waals surface area contributed by atoms with Gasteiger partial charge in [0.05, 0.1) is 25.2 Å². The molecule has 0 spiro atoms. The minimum absolute atomic E-state index is 0.741. The van der Waals surface area contributed by atoms with Crippen molar-refractivity contribution >= 4 is 0 Å². The molecule has 104 valence electrons. The maximum atomic E-state index is 5.59. The van der Waals surface area contributed by atoms with Gasteiger partial charge in [-0.1, -0.05) is 6.92 Å². The largest absolute Gasteiger partial charge is 0.378 e. The number of hydrogen-bond acceptors (Lipinski definition) is 4. The molecule has 0 amide bonds. The summed E-state index contributed by atoms with van der Waals surface area (Å²) in [5.41, 5.74) is 1.22. The van der Waals surface area contributed by atoms with Crippen LogP contribution in [0.1, 0.15) is 19.0 Å². The van der Waals surface area contributed by atoms with Gasteiger partial charge in [-0.05, 0) is 27.1 Å². The summed E-state index contributed by atoms with van der Waals surface area (Å²) in [5.74, 6) is 0. The Balaban J connectivity index is 2.19. The molecule has 5 heteroatoms. The molecular weight excluding hydrogens is 228 g/mol. The third kappa shape index (κ3) is 6.14. The van der Waals surface area contributed by atoms with Crippen molar-refractivity contribution in [3.63, 3.8) is 0 Å². The number of nitrogens with zero attached hydrogens (tertiary/aromatic N) is 3. The van der Waals surface area contributed by atoms with Crippen molar-refractivity contribution in [2.45, 2.75) is 26.4 Å². The van der Waals surface area contributed by atoms with Gasteiger partial charge < -0.3 is 19.5 Å². The van der Waals surface area contributed by atoms with Gasteiger partial charge in [0.2, 0.25) is 0 Å². The van der Waals surface area contributed by atoms with Gasteiger partial charge in [0.25, 0.3) is 0 Å². The molecule has 5 nitrogen and oxygen atoms in total. The van der Waals surface area contributed by atoms with Crippen LogP contribution in [0.5, 0.6) is 0 Å². The van der Waals surface area contributed by atoms with Crippen molar-refractivity contribution in [1.29, 1.82) is 0 Å². The van der Waals surface area contributed by atoms with Gasteiger partial charge in [-0.15, -0.1) is 0 Å². The van der Waals surface area contributed by atoms with Crippen LogP contribution in [0.4, 0.5) is 0 Å². The lowest BCUT2D eigenvalue weighted by Crippen LogP contribution is -2.20. The van der Waals surface area contributed by atoms with Crippen LogP contribution in [-0.2, 0) is 17.8 Å². The molecule has 1 N–H and O–H groups in total. The monoisotopic (exact) mass is 254 g/mol. The molecule has 1 rings (SSSR count). The van der Waals surface area contributed by atoms with Gasteiger partial charge in [-0.3, -0.25) is 0 Å². The Kier molecular flexibility index (Phi) is 7.64. The van der Waals surface area contributed by atoms with Crippen molar-refractivity contribution < 1.29 is 4.74 Å². The molecule has 0 bridgehead atoms. The minimum atomic E-state index is 0.741. The second-order valence-electron chi connectivity index (χ2n) is 4.67. The predicted octanol–water partition coefficient (Wildman–Crippen LogP) is 0.961. The first-order valence-corrected chi connectivity index (χ1v) is 6.66. The van der Waals surface area contributed by atoms with Crippen LogP contribution in [0.15, 0.2) is 12.5 Å². The summed E-state index contributed by atoms with van der Waals surface area (Å²) >= 11 is 0. The number of nitrogens with one attached hydrogen (secondary N) is 1. The molecule has 1 aromatic heterocycles. The lowest BCUT2D eigenvalue weighted by Gasteiger charge is -2.11. The molecule has 0 atom stereocenters. The Morgan fingerprint density at radius 3 is 2.94 bits per heavy atom. The molecule has 1 aromatic rings. The Hall–Kier alpha value is -0.910. The van der Waals surface area contributed by atoms with E-state index >= 15 is 0 Å². The molecule has 0 aliphatic rings. The van der Waals surface area contributed by atoms with E-state index in [-0.39, 0.29) is 0 Å². The first-order valence-electron chi connectivity index (χ1n) is 6.66. The maximum Gasteiger partial charge on any atom is 0.0949 e. The standard InChI is InChI=1S/C13H26N4O/c1-4-5-14-10-13-11-15-12-17(13)7-9-18-8-6-16(2)3/h11-12,14H,4-10H2,1-3H3. The molecule has 0 unspecified atom stereocenters. The molecule has 0 aliphatic heterocycles. The van der Waals surface area contributed by atoms with Crippen LogP contribution in [0.3, 0.4) is 0 Å². The van der Waals surface area contributed by atoms with Gasteiger partial charge in [-0.25, -0.2) is 4.98 Å². The number of hydrogen-bond donors (Lipinski definition) is 1. The molecule has 0 aliphatic carbocycles. The minimum Gasteiger partial charge on any atom is -0.378 e. The molecule has 0 radical (unpaired) electrons. The van der Waals surface area contributed by atoms with Crippen LogP contribution >= 0.6 is 0 Å². The second-order valence-corrected chi connectivity index (χ2v) is 4.67. The summed E-state index contributed by atoms with van der Waals surface area (Å²) < 4.78 is 7.74. The molecular formula is C13H26N4O. The SMILES string of the molecule is CCCNCc1cncn1CCOCCN(C)C. The van der Waals surface area contributed by atoms with E-state index in [4.69, 9.17) is 4.74 Å². The topological polar surface area (TPSA) is 42.3 Å². The summed E-state index contributed by atoms with van der Waals surface area (Å²) in [4.78, 5) is 6.31. The molecule has 0 saturated carbocycles. The third-order valence-electron chi connectivity index (χ3n) is 2.69. The van der Waals surface area contributed by atoms with Gasteiger partial charge in [0.15, 0.2) is 0 Å². The van der Waals surface area contributed by atoms with Crippen molar-refractivity contribution in [1.82, 2.24) is 19.8 Å². The van der Waals surface area contributed by atoms with Crippen LogP contribution in [0.2, 0.25) is 0 Å². The van der Waals surface area contributed by atoms with E-state index in [2.05, 4.69) is 40.8 Å². The number of aromatic nitrogens is 2. The Morgan fingerprint density at radius 1 is 1.39 bits per heavy atom. The maximum absolute atomic E-state index is 5.59. The molecule has 0 fully saturated rings. The van der Waals surface area contributed by atoms with Gasteiger partial charge >= 0.3 is 0 Å². The number of likely N-dealkylation sites (N-methyl/N-ethyl adjacent to an activating group) is 1. The first-order chi connectivity index (χ1) is 8.74. The smallest absolute Gasteiger partial charge is 0.0949 e. The number of imidazole rings is 1. The second kappa shape index (κ2) is 9.08. The normalized spacial score (nSPS) is 11.3. The highest BCUT2D eigenvalue weighted by atomic mass is 16.5. The van der Waals surface area contributed by atoms with E-state index < -0.39 is 0 Å². The van der Waals surface area contributed by atoms with Crippen molar-refractivity contribution in [2.24, 2.45) is 0 Å². The van der Waals surface area contributed by atoms with Crippen LogP contribution < -0.4 is 5.32 Å². The summed E-state index contributed by atoms with van der Waals surface area (Å²) in [6.07, 6.45) is 4.95. The van der Waals surface area contributed by atoms with Crippen LogP contribution in [0, 0.1) is 0 Å². The molecule has 0 aromatic carbocycles. The summed E-state index contributed by atoms with van der Waals surface area (Å²) in [6, 6.07) is 0. The van der Waals surface area contributed by atoms with E-state index in [0.717, 1.165) is 45.8 Å². The van der Waals surface area contributed by atoms with Gasteiger partial charge in [0, 0.05) is 25.8 Å². The lowest BCUT2D eigenvalue weighted by molar-refractivity contribution is 0.110. The predicted molar refractivity (Wildman–Crippen MR) is 73.6 cm³/mol. The number of rotatable bonds is 10. The Morgan fingerprint density at radius 2 is 2.22 bits per heavy atom. The Labute approximate surface area is 110 Å². The summed E-state index contributed by atoms with van der Waals surface area (Å²) in [5, 5.41) is 3.39. The van der Waals surface area contributed by atoms with Crippen LogP contribution in [-0.4, -0.2) is 54.8 Å². The summed E-state index contributed by atoms with van der Waals surface area (Å²) in [7, 11) is 4.10. The fraction of sp³-hybridized carbons (Fsp3) is 0.769. The highest BCUT2D eigenvalue weighted by Gasteiger charge is 2.01. The first kappa shape index (κ1) is 15.1. The zero-order chi connectivity index (χ0) is 13.2. The number of ether oxygens (including phenoxy) is 1. The van der Waals surface area contributed by atoms with Crippen LogP contribution in [0.25, 0.3) is 0 Å². The molecule has 18 heavy (non-hydrogen) atoms. The highest BCUT2D eigenvalue weighted by Crippen LogP contribution is 1.99. The van der Waals surface area contributed by atoms with Crippen molar-refractivity contribution in [3.05, 3.63) is 18.2 Å². The fourth-order valence-electron chi connectivity index (χ4n) is 1.60. The zero-order valence-electron chi connectivity index (χ0n) is 11.9. The average Bonchev–Trinajstić information content (AvgIpc) is 2.76. The molecule has 0 saturated heterocycles. The lowest BCUT2D eigenvalue weighted by atomic mass is 10.4. The third-order valence-corrected chi connectivity index (χ3v) is 2.69. The highest BCUT2D eigenvalue weighted by molar-refractivity contribution is 4.97. The fourth-order valence-corrected chi connectivity index (χ4v) is 1.60. The molecule has 1 heterocycles. The van der Waals surface area contributed by atoms with E-state index in [9.17, 15) is 0 Å². The Bertz CT molecular complexity index is 312. The van der Waals surface area contributed by atoms with E-state index in [0.29, 0.717) is 0 Å². The van der Waals surface area contributed by atoms with E-state index in [1.807, 2.05) is 12.5 Å². The average molecular weight is 254 g/mol. The summed E-state index contributed by atoms with van der Waals surface area (Å²) in [6.45, 7) is 7.46. The van der Waals surface area contributed by atoms with E-state index in [1.165, 1.54) is 5.69 Å². The zero-order valence-corrected chi connectivity index (χ0v) is 11.9. The quantitative estimate of drug-likeness (QED) is 0.632. The van der Waals surface area contributed by atoms with Gasteiger partial charge in [0.1, 0.15) is 0 Å². The van der Waals surface area contributed by atoms with Crippen molar-refractivity contribution in [3.8, 4) is 0 Å².